The highest BCUT2D eigenvalue weighted by Crippen LogP contribution is 2.24. The number of rotatable bonds is 7. The predicted octanol–water partition coefficient (Wildman–Crippen LogP) is 3.41. The number of nitrogens with two attached hydrogens (primary N) is 2. The Morgan fingerprint density at radius 1 is 1.20 bits per heavy atom. The molecule has 0 saturated heterocycles. The molecule has 2 aromatic carbocycles. The van der Waals surface area contributed by atoms with Gasteiger partial charge in [0, 0.05) is 37.1 Å². The van der Waals surface area contributed by atoms with Gasteiger partial charge in [-0.05, 0) is 36.2 Å². The molecule has 156 valence electrons. The van der Waals surface area contributed by atoms with E-state index >= 15 is 0 Å². The highest BCUT2D eigenvalue weighted by molar-refractivity contribution is 6.03. The largest absolute Gasteiger partial charge is 0.489 e. The lowest BCUT2D eigenvalue weighted by Gasteiger charge is -2.26. The van der Waals surface area contributed by atoms with Gasteiger partial charge in [0.1, 0.15) is 23.9 Å². The van der Waals surface area contributed by atoms with Gasteiger partial charge in [-0.3, -0.25) is 4.79 Å². The number of amides is 1. The van der Waals surface area contributed by atoms with E-state index in [1.54, 1.807) is 6.20 Å². The zero-order valence-electron chi connectivity index (χ0n) is 17.3. The second-order valence-electron chi connectivity index (χ2n) is 6.97. The minimum absolute atomic E-state index is 0.109. The van der Waals surface area contributed by atoms with Gasteiger partial charge in [-0.2, -0.15) is 0 Å². The Balaban J connectivity index is 1.78. The zero-order chi connectivity index (χ0) is 21.5. The molecule has 0 aromatic heterocycles. The number of nitrogens with one attached hydrogen (secondary N) is 1. The number of hydrogen-bond acceptors (Lipinski definition) is 6. The van der Waals surface area contributed by atoms with Crippen molar-refractivity contribution in [2.45, 2.75) is 26.9 Å². The summed E-state index contributed by atoms with van der Waals surface area (Å²) >= 11 is 0. The number of carbonyl (C=O) groups excluding carboxylic acids is 1. The van der Waals surface area contributed by atoms with Crippen LogP contribution in [0.25, 0.3) is 5.70 Å². The summed E-state index contributed by atoms with van der Waals surface area (Å²) in [5, 5.41) is 2.77. The van der Waals surface area contributed by atoms with E-state index in [0.717, 1.165) is 29.8 Å². The standard InChI is InChI=1S/C23H27N5O2/c1-3-11-28-12-10-26-23(25)22(28)21(24)18-7-5-9-20(14-18)30-15-17-6-4-8-19(13-17)27-16(2)29/h4-10,12-14H,3,11,15,24H2,1-2H3,(H2,25,26)(H,27,29)/b22-21-. The molecule has 3 rings (SSSR count). The van der Waals surface area contributed by atoms with Crippen molar-refractivity contribution in [2.75, 3.05) is 11.9 Å². The summed E-state index contributed by atoms with van der Waals surface area (Å²) in [6.45, 7) is 4.74. The van der Waals surface area contributed by atoms with Crippen LogP contribution in [-0.4, -0.2) is 23.2 Å². The summed E-state index contributed by atoms with van der Waals surface area (Å²) in [7, 11) is 0. The van der Waals surface area contributed by atoms with Crippen molar-refractivity contribution in [1.82, 2.24) is 4.90 Å². The fraction of sp³-hybridized carbons (Fsp3) is 0.217. The third-order valence-electron chi connectivity index (χ3n) is 4.51. The van der Waals surface area contributed by atoms with E-state index in [0.29, 0.717) is 29.6 Å². The molecule has 30 heavy (non-hydrogen) atoms. The van der Waals surface area contributed by atoms with Crippen molar-refractivity contribution in [3.63, 3.8) is 0 Å². The van der Waals surface area contributed by atoms with Crippen LogP contribution < -0.4 is 21.5 Å². The lowest BCUT2D eigenvalue weighted by Crippen LogP contribution is -2.33. The third-order valence-corrected chi connectivity index (χ3v) is 4.51. The van der Waals surface area contributed by atoms with E-state index in [2.05, 4.69) is 17.2 Å². The van der Waals surface area contributed by atoms with Crippen molar-refractivity contribution in [3.8, 4) is 5.75 Å². The maximum absolute atomic E-state index is 11.2. The van der Waals surface area contributed by atoms with Crippen molar-refractivity contribution >= 4 is 23.1 Å². The van der Waals surface area contributed by atoms with Crippen molar-refractivity contribution in [3.05, 3.63) is 77.8 Å². The first kappa shape index (κ1) is 21.0. The summed E-state index contributed by atoms with van der Waals surface area (Å²) in [5.41, 5.74) is 16.3. The van der Waals surface area contributed by atoms with Gasteiger partial charge in [-0.25, -0.2) is 4.99 Å². The van der Waals surface area contributed by atoms with Crippen LogP contribution in [0.2, 0.25) is 0 Å². The second kappa shape index (κ2) is 9.65. The highest BCUT2D eigenvalue weighted by Gasteiger charge is 2.18. The summed E-state index contributed by atoms with van der Waals surface area (Å²) in [5.74, 6) is 0.969. The number of amidine groups is 1. The highest BCUT2D eigenvalue weighted by atomic mass is 16.5. The molecule has 1 heterocycles. The normalized spacial score (nSPS) is 14.9. The molecule has 0 radical (unpaired) electrons. The lowest BCUT2D eigenvalue weighted by molar-refractivity contribution is -0.114. The Hall–Kier alpha value is -3.74. The number of benzene rings is 2. The summed E-state index contributed by atoms with van der Waals surface area (Å²) in [6.07, 6.45) is 4.51. The van der Waals surface area contributed by atoms with Crippen molar-refractivity contribution in [1.29, 1.82) is 0 Å². The minimum Gasteiger partial charge on any atom is -0.489 e. The van der Waals surface area contributed by atoms with Gasteiger partial charge in [0.05, 0.1) is 5.70 Å². The number of ether oxygens (including phenoxy) is 1. The van der Waals surface area contributed by atoms with Crippen molar-refractivity contribution < 1.29 is 9.53 Å². The summed E-state index contributed by atoms with van der Waals surface area (Å²) in [6, 6.07) is 15.1. The first-order valence-electron chi connectivity index (χ1n) is 9.84. The van der Waals surface area contributed by atoms with Gasteiger partial charge in [-0.15, -0.1) is 0 Å². The Kier molecular flexibility index (Phi) is 6.75. The van der Waals surface area contributed by atoms with E-state index in [9.17, 15) is 4.79 Å². The topological polar surface area (TPSA) is 106 Å². The fourth-order valence-electron chi connectivity index (χ4n) is 3.20. The maximum atomic E-state index is 11.2. The summed E-state index contributed by atoms with van der Waals surface area (Å²) in [4.78, 5) is 17.4. The van der Waals surface area contributed by atoms with E-state index in [1.165, 1.54) is 6.92 Å². The molecule has 0 spiro atoms. The van der Waals surface area contributed by atoms with Gasteiger partial charge in [-0.1, -0.05) is 31.2 Å². The Morgan fingerprint density at radius 2 is 2.00 bits per heavy atom. The quantitative estimate of drug-likeness (QED) is 0.655. The fourth-order valence-corrected chi connectivity index (χ4v) is 3.20. The van der Waals surface area contributed by atoms with Gasteiger partial charge in [0.25, 0.3) is 0 Å². The van der Waals surface area contributed by atoms with E-state index in [4.69, 9.17) is 16.2 Å². The molecule has 0 unspecified atom stereocenters. The van der Waals surface area contributed by atoms with E-state index in [1.807, 2.05) is 59.6 Å². The van der Waals surface area contributed by atoms with Crippen LogP contribution in [0.15, 0.2) is 71.6 Å². The number of nitrogens with zero attached hydrogens (tertiary/aromatic N) is 2. The van der Waals surface area contributed by atoms with Crippen LogP contribution in [0.1, 0.15) is 31.4 Å². The molecular formula is C23H27N5O2. The Labute approximate surface area is 176 Å². The molecule has 7 heteroatoms. The van der Waals surface area contributed by atoms with Crippen LogP contribution in [-0.2, 0) is 11.4 Å². The predicted molar refractivity (Wildman–Crippen MR) is 120 cm³/mol. The van der Waals surface area contributed by atoms with Crippen LogP contribution in [0, 0.1) is 0 Å². The van der Waals surface area contributed by atoms with Gasteiger partial charge >= 0.3 is 0 Å². The van der Waals surface area contributed by atoms with Gasteiger partial charge in [0.2, 0.25) is 5.91 Å². The molecule has 7 nitrogen and oxygen atoms in total. The zero-order valence-corrected chi connectivity index (χ0v) is 17.3. The lowest BCUT2D eigenvalue weighted by atomic mass is 10.1. The van der Waals surface area contributed by atoms with E-state index in [-0.39, 0.29) is 5.91 Å². The molecule has 1 amide bonds. The molecule has 0 saturated carbocycles. The van der Waals surface area contributed by atoms with Crippen LogP contribution >= 0.6 is 0 Å². The molecule has 0 fully saturated rings. The average molecular weight is 406 g/mol. The number of carbonyl (C=O) groups is 1. The number of anilines is 1. The third kappa shape index (κ3) is 5.20. The maximum Gasteiger partial charge on any atom is 0.221 e. The van der Waals surface area contributed by atoms with Crippen molar-refractivity contribution in [2.24, 2.45) is 16.5 Å². The molecular weight excluding hydrogens is 378 g/mol. The molecule has 2 aromatic rings. The molecule has 5 N–H and O–H groups in total. The second-order valence-corrected chi connectivity index (χ2v) is 6.97. The molecule has 0 atom stereocenters. The molecule has 0 aliphatic carbocycles. The number of aliphatic imine (C=N–C) groups is 1. The summed E-state index contributed by atoms with van der Waals surface area (Å²) < 4.78 is 5.95. The van der Waals surface area contributed by atoms with E-state index < -0.39 is 0 Å². The first-order valence-corrected chi connectivity index (χ1v) is 9.84. The van der Waals surface area contributed by atoms with Gasteiger partial charge < -0.3 is 26.4 Å². The van der Waals surface area contributed by atoms with Crippen LogP contribution in [0.5, 0.6) is 5.75 Å². The number of hydrogen-bond donors (Lipinski definition) is 3. The molecule has 1 aliphatic heterocycles. The van der Waals surface area contributed by atoms with Crippen LogP contribution in [0.4, 0.5) is 5.69 Å². The van der Waals surface area contributed by atoms with Gasteiger partial charge in [0.15, 0.2) is 0 Å². The molecule has 1 aliphatic rings. The smallest absolute Gasteiger partial charge is 0.221 e. The minimum atomic E-state index is -0.109. The Morgan fingerprint density at radius 3 is 2.77 bits per heavy atom. The Bertz CT molecular complexity index is 1010. The SMILES string of the molecule is CCCN1C=CN=C(N)/C1=C(/N)c1cccc(OCc2cccc(NC(C)=O)c2)c1. The first-order chi connectivity index (χ1) is 14.5. The monoisotopic (exact) mass is 405 g/mol. The molecule has 0 bridgehead atoms. The average Bonchev–Trinajstić information content (AvgIpc) is 2.72. The van der Waals surface area contributed by atoms with Crippen LogP contribution in [0.3, 0.4) is 0 Å².